The highest BCUT2D eigenvalue weighted by molar-refractivity contribution is 7.80. The van der Waals surface area contributed by atoms with Crippen molar-refractivity contribution in [2.75, 3.05) is 18.0 Å². The third-order valence-corrected chi connectivity index (χ3v) is 2.30. The molecule has 0 saturated heterocycles. The van der Waals surface area contributed by atoms with E-state index < -0.39 is 5.91 Å². The Morgan fingerprint density at radius 1 is 1.56 bits per heavy atom. The molecule has 5 nitrogen and oxygen atoms in total. The largest absolute Gasteiger partial charge is 0.389 e. The number of carbonyl (C=O) groups excluding carboxylic acids is 1. The molecule has 6 heteroatoms. The lowest BCUT2D eigenvalue weighted by molar-refractivity contribution is -0.116. The molecular formula is C10H14N4OS. The van der Waals surface area contributed by atoms with E-state index in [2.05, 4.69) is 4.98 Å². The zero-order chi connectivity index (χ0) is 12.1. The Labute approximate surface area is 99.4 Å². The zero-order valence-corrected chi connectivity index (χ0v) is 9.83. The van der Waals surface area contributed by atoms with Crippen molar-refractivity contribution >= 4 is 28.9 Å². The van der Waals surface area contributed by atoms with Crippen LogP contribution < -0.4 is 16.4 Å². The molecule has 4 N–H and O–H groups in total. The SMILES string of the molecule is CCN(CC(N)=O)c1ncccc1C(N)=S. The van der Waals surface area contributed by atoms with Gasteiger partial charge in [0.2, 0.25) is 5.91 Å². The lowest BCUT2D eigenvalue weighted by atomic mass is 10.2. The molecule has 1 aromatic heterocycles. The summed E-state index contributed by atoms with van der Waals surface area (Å²) >= 11 is 4.93. The number of pyridine rings is 1. The fourth-order valence-corrected chi connectivity index (χ4v) is 1.53. The minimum Gasteiger partial charge on any atom is -0.389 e. The summed E-state index contributed by atoms with van der Waals surface area (Å²) in [5.41, 5.74) is 11.4. The van der Waals surface area contributed by atoms with Crippen LogP contribution in [0, 0.1) is 0 Å². The molecule has 0 saturated carbocycles. The second kappa shape index (κ2) is 5.41. The molecule has 0 radical (unpaired) electrons. The zero-order valence-electron chi connectivity index (χ0n) is 9.01. The van der Waals surface area contributed by atoms with Gasteiger partial charge in [-0.3, -0.25) is 4.79 Å². The van der Waals surface area contributed by atoms with Gasteiger partial charge >= 0.3 is 0 Å². The molecule has 1 rings (SSSR count). The Balaban J connectivity index is 3.08. The van der Waals surface area contributed by atoms with Gasteiger partial charge in [-0.2, -0.15) is 0 Å². The number of carbonyl (C=O) groups is 1. The summed E-state index contributed by atoms with van der Waals surface area (Å²) in [5, 5.41) is 0. The predicted octanol–water partition coefficient (Wildman–Crippen LogP) is 0.0274. The van der Waals surface area contributed by atoms with Crippen LogP contribution in [0.4, 0.5) is 5.82 Å². The monoisotopic (exact) mass is 238 g/mol. The first-order valence-electron chi connectivity index (χ1n) is 4.84. The third kappa shape index (κ3) is 2.90. The summed E-state index contributed by atoms with van der Waals surface area (Å²) in [6.07, 6.45) is 1.63. The summed E-state index contributed by atoms with van der Waals surface area (Å²) in [5.74, 6) is 0.178. The fraction of sp³-hybridized carbons (Fsp3) is 0.300. The molecule has 0 fully saturated rings. The van der Waals surface area contributed by atoms with E-state index in [1.807, 2.05) is 6.92 Å². The number of likely N-dealkylation sites (N-methyl/N-ethyl adjacent to an activating group) is 1. The maximum atomic E-state index is 10.9. The van der Waals surface area contributed by atoms with Crippen LogP contribution in [-0.2, 0) is 4.79 Å². The smallest absolute Gasteiger partial charge is 0.236 e. The van der Waals surface area contributed by atoms with E-state index in [1.165, 1.54) is 0 Å². The number of thiocarbonyl (C=S) groups is 1. The summed E-state index contributed by atoms with van der Waals surface area (Å²) < 4.78 is 0. The highest BCUT2D eigenvalue weighted by atomic mass is 32.1. The Morgan fingerprint density at radius 3 is 2.75 bits per heavy atom. The van der Waals surface area contributed by atoms with E-state index in [0.29, 0.717) is 17.9 Å². The molecule has 0 bridgehead atoms. The molecule has 1 aromatic rings. The Hall–Kier alpha value is -1.69. The van der Waals surface area contributed by atoms with E-state index in [0.717, 1.165) is 0 Å². The number of hydrogen-bond donors (Lipinski definition) is 2. The molecule has 0 unspecified atom stereocenters. The van der Waals surface area contributed by atoms with Gasteiger partial charge in [0.05, 0.1) is 12.1 Å². The maximum Gasteiger partial charge on any atom is 0.236 e. The van der Waals surface area contributed by atoms with Crippen LogP contribution in [-0.4, -0.2) is 29.0 Å². The first-order chi connectivity index (χ1) is 7.56. The quantitative estimate of drug-likeness (QED) is 0.707. The molecule has 0 aliphatic carbocycles. The van der Waals surface area contributed by atoms with Crippen LogP contribution in [0.2, 0.25) is 0 Å². The van der Waals surface area contributed by atoms with E-state index >= 15 is 0 Å². The summed E-state index contributed by atoms with van der Waals surface area (Å²) in [6.45, 7) is 2.61. The highest BCUT2D eigenvalue weighted by Crippen LogP contribution is 2.16. The molecule has 0 atom stereocenters. The molecule has 0 aromatic carbocycles. The van der Waals surface area contributed by atoms with Crippen molar-refractivity contribution in [3.63, 3.8) is 0 Å². The minimum atomic E-state index is -0.415. The number of rotatable bonds is 5. The van der Waals surface area contributed by atoms with Gasteiger partial charge < -0.3 is 16.4 Å². The molecule has 0 spiro atoms. The summed E-state index contributed by atoms with van der Waals surface area (Å²) in [4.78, 5) is 17.1. The van der Waals surface area contributed by atoms with E-state index in [-0.39, 0.29) is 11.5 Å². The van der Waals surface area contributed by atoms with Crippen LogP contribution in [0.3, 0.4) is 0 Å². The van der Waals surface area contributed by atoms with Gasteiger partial charge in [-0.25, -0.2) is 4.98 Å². The van der Waals surface area contributed by atoms with Crippen molar-refractivity contribution in [2.24, 2.45) is 11.5 Å². The molecule has 1 amide bonds. The van der Waals surface area contributed by atoms with Gasteiger partial charge in [0.25, 0.3) is 0 Å². The summed E-state index contributed by atoms with van der Waals surface area (Å²) in [6, 6.07) is 3.52. The van der Waals surface area contributed by atoms with Crippen molar-refractivity contribution in [3.8, 4) is 0 Å². The topological polar surface area (TPSA) is 85.2 Å². The number of hydrogen-bond acceptors (Lipinski definition) is 4. The molecule has 1 heterocycles. The summed E-state index contributed by atoms with van der Waals surface area (Å²) in [7, 11) is 0. The normalized spacial score (nSPS) is 9.81. The standard InChI is InChI=1S/C10H14N4OS/c1-2-14(6-8(11)15)10-7(9(12)16)4-3-5-13-10/h3-5H,2,6H2,1H3,(H2,11,15)(H2,12,16). The molecule has 0 aliphatic heterocycles. The van der Waals surface area contributed by atoms with Gasteiger partial charge in [-0.1, -0.05) is 12.2 Å². The molecule has 16 heavy (non-hydrogen) atoms. The highest BCUT2D eigenvalue weighted by Gasteiger charge is 2.14. The van der Waals surface area contributed by atoms with Crippen LogP contribution >= 0.6 is 12.2 Å². The minimum absolute atomic E-state index is 0.100. The van der Waals surface area contributed by atoms with Gasteiger partial charge in [-0.05, 0) is 19.1 Å². The van der Waals surface area contributed by atoms with Gasteiger partial charge in [0.15, 0.2) is 0 Å². The average Bonchev–Trinajstić information content (AvgIpc) is 2.25. The van der Waals surface area contributed by atoms with E-state index in [4.69, 9.17) is 23.7 Å². The van der Waals surface area contributed by atoms with Crippen molar-refractivity contribution in [3.05, 3.63) is 23.9 Å². The Bertz CT molecular complexity index is 408. The number of primary amides is 1. The van der Waals surface area contributed by atoms with Gasteiger partial charge in [-0.15, -0.1) is 0 Å². The van der Waals surface area contributed by atoms with E-state index in [9.17, 15) is 4.79 Å². The van der Waals surface area contributed by atoms with E-state index in [1.54, 1.807) is 23.2 Å². The molecule has 86 valence electrons. The molecule has 0 aliphatic rings. The van der Waals surface area contributed by atoms with Crippen molar-refractivity contribution in [1.82, 2.24) is 4.98 Å². The number of nitrogens with zero attached hydrogens (tertiary/aromatic N) is 2. The second-order valence-electron chi connectivity index (χ2n) is 3.22. The van der Waals surface area contributed by atoms with Gasteiger partial charge in [0, 0.05) is 12.7 Å². The van der Waals surface area contributed by atoms with Crippen molar-refractivity contribution < 1.29 is 4.79 Å². The van der Waals surface area contributed by atoms with Crippen LogP contribution in [0.5, 0.6) is 0 Å². The van der Waals surface area contributed by atoms with Gasteiger partial charge in [0.1, 0.15) is 10.8 Å². The first kappa shape index (κ1) is 12.4. The molecular weight excluding hydrogens is 224 g/mol. The average molecular weight is 238 g/mol. The van der Waals surface area contributed by atoms with Crippen LogP contribution in [0.1, 0.15) is 12.5 Å². The van der Waals surface area contributed by atoms with Crippen LogP contribution in [0.15, 0.2) is 18.3 Å². The number of anilines is 1. The number of nitrogens with two attached hydrogens (primary N) is 2. The third-order valence-electron chi connectivity index (χ3n) is 2.08. The Morgan fingerprint density at radius 2 is 2.25 bits per heavy atom. The van der Waals surface area contributed by atoms with Crippen molar-refractivity contribution in [1.29, 1.82) is 0 Å². The van der Waals surface area contributed by atoms with Crippen molar-refractivity contribution in [2.45, 2.75) is 6.92 Å². The van der Waals surface area contributed by atoms with Crippen LogP contribution in [0.25, 0.3) is 0 Å². The Kier molecular flexibility index (Phi) is 4.19. The lowest BCUT2D eigenvalue weighted by Crippen LogP contribution is -2.35. The maximum absolute atomic E-state index is 10.9. The lowest BCUT2D eigenvalue weighted by Gasteiger charge is -2.22. The second-order valence-corrected chi connectivity index (χ2v) is 3.66. The fourth-order valence-electron chi connectivity index (χ4n) is 1.37. The first-order valence-corrected chi connectivity index (χ1v) is 5.25. The number of aromatic nitrogens is 1. The predicted molar refractivity (Wildman–Crippen MR) is 67.2 cm³/mol. The number of amides is 1.